The van der Waals surface area contributed by atoms with Crippen LogP contribution in [-0.2, 0) is 13.0 Å². The van der Waals surface area contributed by atoms with Crippen molar-refractivity contribution in [3.05, 3.63) is 23.1 Å². The Hall–Kier alpha value is -1.03. The van der Waals surface area contributed by atoms with Crippen LogP contribution in [0.3, 0.4) is 0 Å². The molecule has 0 bridgehead atoms. The zero-order valence-corrected chi connectivity index (χ0v) is 9.40. The molecule has 0 atom stereocenters. The SMILES string of the molecule is C=CCn1c(O)c(CC(C)C)[nH]c1=S. The summed E-state index contributed by atoms with van der Waals surface area (Å²) in [6.45, 7) is 8.35. The molecule has 0 spiro atoms. The molecule has 1 aromatic heterocycles. The number of aromatic nitrogens is 2. The van der Waals surface area contributed by atoms with Crippen LogP contribution in [0.1, 0.15) is 19.5 Å². The van der Waals surface area contributed by atoms with Gasteiger partial charge in [-0.2, -0.15) is 0 Å². The van der Waals surface area contributed by atoms with E-state index in [-0.39, 0.29) is 5.88 Å². The molecule has 0 aliphatic rings. The van der Waals surface area contributed by atoms with Crippen LogP contribution < -0.4 is 0 Å². The van der Waals surface area contributed by atoms with Crippen LogP contribution in [0.15, 0.2) is 12.7 Å². The van der Waals surface area contributed by atoms with E-state index in [1.807, 2.05) is 0 Å². The highest BCUT2D eigenvalue weighted by atomic mass is 32.1. The molecule has 0 amide bonds. The average molecular weight is 212 g/mol. The molecule has 0 saturated carbocycles. The highest BCUT2D eigenvalue weighted by Crippen LogP contribution is 2.19. The Bertz CT molecular complexity index is 376. The first kappa shape index (κ1) is 11.0. The van der Waals surface area contributed by atoms with Gasteiger partial charge in [0, 0.05) is 6.54 Å². The first-order chi connectivity index (χ1) is 6.56. The van der Waals surface area contributed by atoms with Crippen molar-refractivity contribution in [3.8, 4) is 5.88 Å². The Kier molecular flexibility index (Phi) is 3.52. The number of rotatable bonds is 4. The molecule has 1 rings (SSSR count). The minimum atomic E-state index is 0.239. The molecule has 0 aliphatic carbocycles. The molecule has 0 unspecified atom stereocenters. The van der Waals surface area contributed by atoms with E-state index < -0.39 is 0 Å². The maximum Gasteiger partial charge on any atom is 0.213 e. The van der Waals surface area contributed by atoms with E-state index in [1.165, 1.54) is 0 Å². The van der Waals surface area contributed by atoms with Gasteiger partial charge < -0.3 is 10.1 Å². The third kappa shape index (κ3) is 2.26. The minimum absolute atomic E-state index is 0.239. The van der Waals surface area contributed by atoms with Gasteiger partial charge in [0.1, 0.15) is 0 Å². The maximum atomic E-state index is 9.81. The number of nitrogens with one attached hydrogen (secondary N) is 1. The van der Waals surface area contributed by atoms with E-state index in [1.54, 1.807) is 10.6 Å². The number of nitrogens with zero attached hydrogens (tertiary/aromatic N) is 1. The molecule has 78 valence electrons. The number of hydrogen-bond donors (Lipinski definition) is 2. The Morgan fingerprint density at radius 1 is 1.64 bits per heavy atom. The molecule has 0 fully saturated rings. The normalized spacial score (nSPS) is 10.8. The van der Waals surface area contributed by atoms with E-state index in [0.717, 1.165) is 12.1 Å². The topological polar surface area (TPSA) is 41.0 Å². The third-order valence-corrected chi connectivity index (χ3v) is 2.28. The van der Waals surface area contributed by atoms with Crippen molar-refractivity contribution in [1.82, 2.24) is 9.55 Å². The Morgan fingerprint density at radius 3 is 2.79 bits per heavy atom. The van der Waals surface area contributed by atoms with Gasteiger partial charge in [0.05, 0.1) is 5.69 Å². The van der Waals surface area contributed by atoms with E-state index in [0.29, 0.717) is 17.2 Å². The highest BCUT2D eigenvalue weighted by molar-refractivity contribution is 7.71. The Labute approximate surface area is 89.1 Å². The summed E-state index contributed by atoms with van der Waals surface area (Å²) in [7, 11) is 0. The lowest BCUT2D eigenvalue weighted by Crippen LogP contribution is -1.96. The predicted octanol–water partition coefficient (Wildman–Crippen LogP) is 2.64. The average Bonchev–Trinajstić information content (AvgIpc) is 2.32. The summed E-state index contributed by atoms with van der Waals surface area (Å²) >= 11 is 5.08. The lowest BCUT2D eigenvalue weighted by atomic mass is 10.1. The van der Waals surface area contributed by atoms with Gasteiger partial charge in [0.25, 0.3) is 0 Å². The molecule has 1 heterocycles. The van der Waals surface area contributed by atoms with Gasteiger partial charge >= 0.3 is 0 Å². The molecule has 0 aromatic carbocycles. The highest BCUT2D eigenvalue weighted by Gasteiger charge is 2.10. The molecular formula is C10H16N2OS. The van der Waals surface area contributed by atoms with Crippen LogP contribution >= 0.6 is 12.2 Å². The molecular weight excluding hydrogens is 196 g/mol. The number of aromatic hydroxyl groups is 1. The molecule has 0 radical (unpaired) electrons. The van der Waals surface area contributed by atoms with E-state index in [2.05, 4.69) is 25.4 Å². The Morgan fingerprint density at radius 2 is 2.29 bits per heavy atom. The monoisotopic (exact) mass is 212 g/mol. The van der Waals surface area contributed by atoms with Gasteiger partial charge in [-0.3, -0.25) is 4.57 Å². The summed E-state index contributed by atoms with van der Waals surface area (Å²) in [6, 6.07) is 0. The number of hydrogen-bond acceptors (Lipinski definition) is 2. The van der Waals surface area contributed by atoms with Gasteiger partial charge in [-0.25, -0.2) is 0 Å². The van der Waals surface area contributed by atoms with Gasteiger partial charge in [-0.05, 0) is 24.6 Å². The van der Waals surface area contributed by atoms with E-state index in [4.69, 9.17) is 12.2 Å². The molecule has 4 heteroatoms. The molecule has 2 N–H and O–H groups in total. The summed E-state index contributed by atoms with van der Waals surface area (Å²) in [5, 5.41) is 9.81. The lowest BCUT2D eigenvalue weighted by molar-refractivity contribution is 0.415. The molecule has 14 heavy (non-hydrogen) atoms. The van der Waals surface area contributed by atoms with E-state index in [9.17, 15) is 5.11 Å². The number of H-pyrrole nitrogens is 1. The first-order valence-electron chi connectivity index (χ1n) is 4.67. The van der Waals surface area contributed by atoms with E-state index >= 15 is 0 Å². The van der Waals surface area contributed by atoms with Crippen molar-refractivity contribution in [2.45, 2.75) is 26.8 Å². The number of imidazole rings is 1. The van der Waals surface area contributed by atoms with Crippen LogP contribution in [0.5, 0.6) is 5.88 Å². The second-order valence-corrected chi connectivity index (χ2v) is 4.12. The van der Waals surface area contributed by atoms with Crippen molar-refractivity contribution in [1.29, 1.82) is 0 Å². The zero-order valence-electron chi connectivity index (χ0n) is 8.58. The summed E-state index contributed by atoms with van der Waals surface area (Å²) in [5.74, 6) is 0.731. The standard InChI is InChI=1S/C10H16N2OS/c1-4-5-12-9(13)8(6-7(2)3)11-10(12)14/h4,7,13H,1,5-6H2,2-3H3,(H,11,14). The van der Waals surface area contributed by atoms with Crippen LogP contribution in [0.2, 0.25) is 0 Å². The molecule has 1 aromatic rings. The summed E-state index contributed by atoms with van der Waals surface area (Å²) in [6.07, 6.45) is 2.52. The molecule has 3 nitrogen and oxygen atoms in total. The summed E-state index contributed by atoms with van der Waals surface area (Å²) in [5.41, 5.74) is 0.812. The largest absolute Gasteiger partial charge is 0.493 e. The van der Waals surface area contributed by atoms with Crippen molar-refractivity contribution in [2.75, 3.05) is 0 Å². The predicted molar refractivity (Wildman–Crippen MR) is 60.0 cm³/mol. The zero-order chi connectivity index (χ0) is 10.7. The smallest absolute Gasteiger partial charge is 0.213 e. The van der Waals surface area contributed by atoms with Crippen LogP contribution in [-0.4, -0.2) is 14.7 Å². The fourth-order valence-corrected chi connectivity index (χ4v) is 1.64. The summed E-state index contributed by atoms with van der Waals surface area (Å²) in [4.78, 5) is 3.01. The lowest BCUT2D eigenvalue weighted by Gasteiger charge is -2.03. The second-order valence-electron chi connectivity index (χ2n) is 3.73. The molecule has 0 aliphatic heterocycles. The quantitative estimate of drug-likeness (QED) is 0.595. The van der Waals surface area contributed by atoms with Crippen molar-refractivity contribution in [2.24, 2.45) is 5.92 Å². The fourth-order valence-electron chi connectivity index (χ4n) is 1.36. The fraction of sp³-hybridized carbons (Fsp3) is 0.500. The minimum Gasteiger partial charge on any atom is -0.493 e. The van der Waals surface area contributed by atoms with Crippen molar-refractivity contribution < 1.29 is 5.11 Å². The van der Waals surface area contributed by atoms with Crippen molar-refractivity contribution in [3.63, 3.8) is 0 Å². The van der Waals surface area contributed by atoms with Crippen LogP contribution in [0.4, 0.5) is 0 Å². The van der Waals surface area contributed by atoms with Crippen molar-refractivity contribution >= 4 is 12.2 Å². The van der Waals surface area contributed by atoms with Crippen LogP contribution in [0, 0.1) is 10.7 Å². The van der Waals surface area contributed by atoms with Gasteiger partial charge in [0.15, 0.2) is 4.77 Å². The number of allylic oxidation sites excluding steroid dienone is 1. The third-order valence-electron chi connectivity index (χ3n) is 1.95. The van der Waals surface area contributed by atoms with Gasteiger partial charge in [-0.1, -0.05) is 19.9 Å². The number of aromatic amines is 1. The van der Waals surface area contributed by atoms with Gasteiger partial charge in [-0.15, -0.1) is 6.58 Å². The Balaban J connectivity index is 3.03. The van der Waals surface area contributed by atoms with Crippen LogP contribution in [0.25, 0.3) is 0 Å². The van der Waals surface area contributed by atoms with Gasteiger partial charge in [0.2, 0.25) is 5.88 Å². The first-order valence-corrected chi connectivity index (χ1v) is 5.08. The summed E-state index contributed by atoms with van der Waals surface area (Å²) < 4.78 is 2.19. The molecule has 0 saturated heterocycles. The second kappa shape index (κ2) is 4.46. The maximum absolute atomic E-state index is 9.81.